The maximum Gasteiger partial charge on any atom is 0.308 e. The van der Waals surface area contributed by atoms with Crippen molar-refractivity contribution >= 4 is 52.2 Å². The second kappa shape index (κ2) is 10.2. The van der Waals surface area contributed by atoms with Gasteiger partial charge in [0.05, 0.1) is 23.7 Å². The zero-order chi connectivity index (χ0) is 27.1. The van der Waals surface area contributed by atoms with E-state index in [0.717, 1.165) is 16.9 Å². The molecule has 0 bridgehead atoms. The number of ether oxygens (including phenoxy) is 1. The van der Waals surface area contributed by atoms with Gasteiger partial charge in [-0.3, -0.25) is 28.7 Å². The fourth-order valence-electron chi connectivity index (χ4n) is 5.02. The SMILES string of the molecule is COc1ccc(NC(=O)Cn2c3c(sc2=O)[C@@H](c2cccnc2)[C@@H]2C(=O)N(c4ccccc4)C(=O)[C@@H]2S3)cc1. The van der Waals surface area contributed by atoms with Crippen LogP contribution in [0.5, 0.6) is 5.75 Å². The highest BCUT2D eigenvalue weighted by Gasteiger charge is 2.56. The summed E-state index contributed by atoms with van der Waals surface area (Å²) in [7, 11) is 1.56. The topological polar surface area (TPSA) is 111 Å². The van der Waals surface area contributed by atoms with Gasteiger partial charge in [-0.15, -0.1) is 0 Å². The first-order valence-corrected chi connectivity index (χ1v) is 13.8. The highest BCUT2D eigenvalue weighted by Crippen LogP contribution is 2.53. The second-order valence-electron chi connectivity index (χ2n) is 9.08. The molecule has 9 nitrogen and oxygen atoms in total. The van der Waals surface area contributed by atoms with Crippen molar-refractivity contribution in [1.29, 1.82) is 0 Å². The predicted molar refractivity (Wildman–Crippen MR) is 148 cm³/mol. The van der Waals surface area contributed by atoms with Gasteiger partial charge in [-0.05, 0) is 48.0 Å². The molecule has 2 aromatic heterocycles. The van der Waals surface area contributed by atoms with E-state index in [4.69, 9.17) is 4.74 Å². The molecule has 0 unspecified atom stereocenters. The van der Waals surface area contributed by atoms with Crippen molar-refractivity contribution in [3.8, 4) is 5.75 Å². The van der Waals surface area contributed by atoms with E-state index in [-0.39, 0.29) is 29.1 Å². The van der Waals surface area contributed by atoms with Crippen molar-refractivity contribution in [2.45, 2.75) is 22.7 Å². The van der Waals surface area contributed by atoms with Gasteiger partial charge in [-0.1, -0.05) is 47.4 Å². The minimum Gasteiger partial charge on any atom is -0.497 e. The van der Waals surface area contributed by atoms with Crippen LogP contribution < -0.4 is 19.8 Å². The molecule has 2 aromatic carbocycles. The fourth-order valence-corrected chi connectivity index (χ4v) is 7.80. The number of nitrogens with zero attached hydrogens (tertiary/aromatic N) is 3. The van der Waals surface area contributed by atoms with Gasteiger partial charge in [0.1, 0.15) is 17.5 Å². The summed E-state index contributed by atoms with van der Waals surface area (Å²) in [4.78, 5) is 59.4. The van der Waals surface area contributed by atoms with Gasteiger partial charge < -0.3 is 10.1 Å². The van der Waals surface area contributed by atoms with Gasteiger partial charge in [0, 0.05) is 28.9 Å². The van der Waals surface area contributed by atoms with Crippen LogP contribution in [0.4, 0.5) is 11.4 Å². The smallest absolute Gasteiger partial charge is 0.308 e. The van der Waals surface area contributed by atoms with Crippen molar-refractivity contribution in [3.63, 3.8) is 0 Å². The van der Waals surface area contributed by atoms with E-state index < -0.39 is 17.1 Å². The molecule has 3 atom stereocenters. The summed E-state index contributed by atoms with van der Waals surface area (Å²) in [6.07, 6.45) is 3.30. The predicted octanol–water partition coefficient (Wildman–Crippen LogP) is 3.75. The number of amides is 3. The Morgan fingerprint density at radius 2 is 1.77 bits per heavy atom. The fraction of sp³-hybridized carbons (Fsp3) is 0.179. The Kier molecular flexibility index (Phi) is 6.53. The average Bonchev–Trinajstić information content (AvgIpc) is 3.40. The number of carbonyl (C=O) groups is 3. The van der Waals surface area contributed by atoms with E-state index in [1.807, 2.05) is 12.1 Å². The molecule has 4 heterocycles. The zero-order valence-electron chi connectivity index (χ0n) is 20.6. The van der Waals surface area contributed by atoms with E-state index in [1.165, 1.54) is 21.2 Å². The molecule has 6 rings (SSSR count). The number of carbonyl (C=O) groups excluding carboxylic acids is 3. The molecule has 3 amide bonds. The molecule has 11 heteroatoms. The number of aromatic nitrogens is 2. The number of thioether (sulfide) groups is 1. The van der Waals surface area contributed by atoms with Gasteiger partial charge in [0.25, 0.3) is 0 Å². The first-order chi connectivity index (χ1) is 19.0. The third kappa shape index (κ3) is 4.43. The van der Waals surface area contributed by atoms with Crippen LogP contribution in [-0.4, -0.2) is 39.6 Å². The van der Waals surface area contributed by atoms with Crippen molar-refractivity contribution in [1.82, 2.24) is 9.55 Å². The van der Waals surface area contributed by atoms with Crippen LogP contribution in [0.2, 0.25) is 0 Å². The number of anilines is 2. The van der Waals surface area contributed by atoms with Crippen LogP contribution in [-0.2, 0) is 20.9 Å². The molecule has 1 fully saturated rings. The molecule has 0 saturated carbocycles. The number of hydrogen-bond donors (Lipinski definition) is 1. The Morgan fingerprint density at radius 3 is 2.46 bits per heavy atom. The molecule has 39 heavy (non-hydrogen) atoms. The molecule has 0 aliphatic carbocycles. The van der Waals surface area contributed by atoms with Gasteiger partial charge in [-0.25, -0.2) is 4.90 Å². The number of benzene rings is 2. The molecule has 2 aliphatic heterocycles. The number of thiazole rings is 1. The van der Waals surface area contributed by atoms with Crippen LogP contribution in [0.3, 0.4) is 0 Å². The van der Waals surface area contributed by atoms with E-state index in [2.05, 4.69) is 10.3 Å². The minimum absolute atomic E-state index is 0.231. The number of nitrogens with one attached hydrogen (secondary N) is 1. The largest absolute Gasteiger partial charge is 0.497 e. The number of pyridine rings is 1. The van der Waals surface area contributed by atoms with E-state index in [9.17, 15) is 19.2 Å². The average molecular weight is 559 g/mol. The van der Waals surface area contributed by atoms with Gasteiger partial charge in [0.2, 0.25) is 17.7 Å². The lowest BCUT2D eigenvalue weighted by atomic mass is 9.84. The molecule has 0 radical (unpaired) electrons. The molecular weight excluding hydrogens is 536 g/mol. The summed E-state index contributed by atoms with van der Waals surface area (Å²) >= 11 is 2.18. The van der Waals surface area contributed by atoms with E-state index in [1.54, 1.807) is 74.1 Å². The summed E-state index contributed by atoms with van der Waals surface area (Å²) < 4.78 is 6.55. The Labute approximate surface area is 231 Å². The highest BCUT2D eigenvalue weighted by molar-refractivity contribution is 8.00. The van der Waals surface area contributed by atoms with Crippen molar-refractivity contribution in [2.75, 3.05) is 17.3 Å². The normalized spacial score (nSPS) is 19.9. The number of rotatable bonds is 6. The van der Waals surface area contributed by atoms with Gasteiger partial charge >= 0.3 is 4.87 Å². The highest BCUT2D eigenvalue weighted by atomic mass is 32.2. The van der Waals surface area contributed by atoms with E-state index >= 15 is 0 Å². The summed E-state index contributed by atoms with van der Waals surface area (Å²) in [5.41, 5.74) is 1.81. The van der Waals surface area contributed by atoms with Crippen LogP contribution in [0.1, 0.15) is 16.4 Å². The molecule has 1 saturated heterocycles. The third-order valence-corrected chi connectivity index (χ3v) is 9.39. The molecule has 0 spiro atoms. The van der Waals surface area contributed by atoms with Crippen LogP contribution in [0.25, 0.3) is 0 Å². The molecule has 2 aliphatic rings. The number of para-hydroxylation sites is 1. The minimum atomic E-state index is -0.750. The summed E-state index contributed by atoms with van der Waals surface area (Å²) in [6.45, 7) is -0.231. The van der Waals surface area contributed by atoms with Crippen molar-refractivity contribution < 1.29 is 19.1 Å². The first-order valence-electron chi connectivity index (χ1n) is 12.1. The Balaban J connectivity index is 1.37. The number of methoxy groups -OCH3 is 1. The first kappa shape index (κ1) is 25.1. The zero-order valence-corrected chi connectivity index (χ0v) is 22.3. The number of hydrogen-bond acceptors (Lipinski definition) is 8. The second-order valence-corrected chi connectivity index (χ2v) is 11.2. The van der Waals surface area contributed by atoms with Crippen LogP contribution >= 0.6 is 23.1 Å². The van der Waals surface area contributed by atoms with Gasteiger partial charge in [0.15, 0.2) is 0 Å². The molecule has 196 valence electrons. The quantitative estimate of drug-likeness (QED) is 0.359. The Bertz CT molecular complexity index is 1620. The van der Waals surface area contributed by atoms with Crippen LogP contribution in [0.15, 0.2) is 88.9 Å². The lowest BCUT2D eigenvalue weighted by Gasteiger charge is -2.30. The maximum atomic E-state index is 13.8. The summed E-state index contributed by atoms with van der Waals surface area (Å²) in [5, 5.41) is 2.58. The summed E-state index contributed by atoms with van der Waals surface area (Å²) in [6, 6.07) is 19.3. The molecule has 4 aromatic rings. The molecular formula is C28H22N4O5S2. The third-order valence-electron chi connectivity index (χ3n) is 6.78. The molecule has 1 N–H and O–H groups in total. The lowest BCUT2D eigenvalue weighted by Crippen LogP contribution is -2.33. The maximum absolute atomic E-state index is 13.8. The number of imide groups is 1. The van der Waals surface area contributed by atoms with Gasteiger partial charge in [-0.2, -0.15) is 0 Å². The summed E-state index contributed by atoms with van der Waals surface area (Å²) in [5.74, 6) is -1.64. The van der Waals surface area contributed by atoms with E-state index in [0.29, 0.717) is 27.0 Å². The number of fused-ring (bicyclic) bond motifs is 2. The Hall–Kier alpha value is -4.22. The van der Waals surface area contributed by atoms with Crippen LogP contribution in [0, 0.1) is 5.92 Å². The Morgan fingerprint density at radius 1 is 1.00 bits per heavy atom. The van der Waals surface area contributed by atoms with Crippen molar-refractivity contribution in [3.05, 3.63) is 99.2 Å². The monoisotopic (exact) mass is 558 g/mol. The van der Waals surface area contributed by atoms with Crippen molar-refractivity contribution in [2.24, 2.45) is 5.92 Å². The standard InChI is InChI=1S/C28H22N4O5S2/c1-37-19-11-9-17(10-12-19)30-20(33)15-31-27-24(39-28(31)36)21(16-6-5-13-29-14-16)22-23(38-27)26(35)32(25(22)34)18-7-3-2-4-8-18/h2-14,21-23H,15H2,1H3,(H,30,33)/t21-,22-,23+/m0/s1. The lowest BCUT2D eigenvalue weighted by molar-refractivity contribution is -0.122.